The van der Waals surface area contributed by atoms with Gasteiger partial charge < -0.3 is 15.7 Å². The predicted molar refractivity (Wildman–Crippen MR) is 104 cm³/mol. The highest BCUT2D eigenvalue weighted by Crippen LogP contribution is 2.48. The molecular weight excluding hydrogens is 370 g/mol. The van der Waals surface area contributed by atoms with E-state index >= 15 is 0 Å². The molecule has 148 valence electrons. The van der Waals surface area contributed by atoms with Gasteiger partial charge in [-0.1, -0.05) is 12.5 Å². The number of hydrogen-bond donors (Lipinski definition) is 3. The largest absolute Gasteiger partial charge is 0.481 e. The second-order valence-corrected chi connectivity index (χ2v) is 7.21. The molecule has 1 heterocycles. The van der Waals surface area contributed by atoms with Gasteiger partial charge in [0.1, 0.15) is 0 Å². The number of halogens is 1. The fourth-order valence-corrected chi connectivity index (χ4v) is 4.27. The molecule has 3 rings (SSSR count). The highest BCUT2D eigenvalue weighted by molar-refractivity contribution is 5.97. The van der Waals surface area contributed by atoms with E-state index in [1.807, 2.05) is 11.8 Å². The van der Waals surface area contributed by atoms with Crippen molar-refractivity contribution in [3.8, 4) is 0 Å². The van der Waals surface area contributed by atoms with Gasteiger partial charge in [-0.15, -0.1) is 12.4 Å². The fraction of sp³-hybridized carbons (Fsp3) is 0.526. The summed E-state index contributed by atoms with van der Waals surface area (Å²) in [5.41, 5.74) is 0.370. The van der Waals surface area contributed by atoms with Crippen molar-refractivity contribution < 1.29 is 19.5 Å². The highest BCUT2D eigenvalue weighted by atomic mass is 35.5. The number of anilines is 1. The molecule has 0 radical (unpaired) electrons. The summed E-state index contributed by atoms with van der Waals surface area (Å²) >= 11 is 0. The normalized spacial score (nSPS) is 24.0. The molecule has 3 N–H and O–H groups in total. The standard InChI is InChI=1S/C19H25N3O4.ClH/c1-2-20-17(24)13-5-3-7-15(9-13)21-16(23)11-22-10-14-6-4-8-19(14,12-22)18(25)26;/h3,5,7,9,14H,2,4,6,8,10-12H2,1H3,(H,20,24)(H,21,23)(H,25,26);1H/t14-,19+;/m0./s1. The second-order valence-electron chi connectivity index (χ2n) is 7.21. The van der Waals surface area contributed by atoms with Crippen molar-refractivity contribution in [2.75, 3.05) is 31.5 Å². The molecule has 1 aromatic carbocycles. The van der Waals surface area contributed by atoms with Crippen LogP contribution in [-0.2, 0) is 9.59 Å². The molecule has 0 spiro atoms. The van der Waals surface area contributed by atoms with E-state index in [4.69, 9.17) is 0 Å². The summed E-state index contributed by atoms with van der Waals surface area (Å²) in [5.74, 6) is -0.982. The minimum Gasteiger partial charge on any atom is -0.481 e. The van der Waals surface area contributed by atoms with Gasteiger partial charge in [-0.05, 0) is 43.9 Å². The van der Waals surface area contributed by atoms with Crippen LogP contribution < -0.4 is 10.6 Å². The van der Waals surface area contributed by atoms with Crippen LogP contribution in [0, 0.1) is 11.3 Å². The second kappa shape index (κ2) is 8.71. The smallest absolute Gasteiger partial charge is 0.311 e. The van der Waals surface area contributed by atoms with Gasteiger partial charge in [-0.3, -0.25) is 19.3 Å². The van der Waals surface area contributed by atoms with E-state index in [9.17, 15) is 19.5 Å². The Bertz CT molecular complexity index is 727. The first-order valence-corrected chi connectivity index (χ1v) is 9.08. The van der Waals surface area contributed by atoms with E-state index < -0.39 is 11.4 Å². The summed E-state index contributed by atoms with van der Waals surface area (Å²) < 4.78 is 0. The van der Waals surface area contributed by atoms with Gasteiger partial charge in [0.15, 0.2) is 0 Å². The lowest BCUT2D eigenvalue weighted by molar-refractivity contribution is -0.149. The number of hydrogen-bond acceptors (Lipinski definition) is 4. The molecule has 1 aliphatic heterocycles. The lowest BCUT2D eigenvalue weighted by atomic mass is 9.81. The maximum Gasteiger partial charge on any atom is 0.311 e. The number of carboxylic acids is 1. The molecule has 0 aromatic heterocycles. The summed E-state index contributed by atoms with van der Waals surface area (Å²) in [7, 11) is 0. The zero-order valence-corrected chi connectivity index (χ0v) is 16.2. The Morgan fingerprint density at radius 3 is 2.78 bits per heavy atom. The number of likely N-dealkylation sites (tertiary alicyclic amines) is 1. The van der Waals surface area contributed by atoms with E-state index in [2.05, 4.69) is 10.6 Å². The lowest BCUT2D eigenvalue weighted by Crippen LogP contribution is -2.37. The summed E-state index contributed by atoms with van der Waals surface area (Å²) in [6.07, 6.45) is 2.56. The highest BCUT2D eigenvalue weighted by Gasteiger charge is 2.54. The predicted octanol–water partition coefficient (Wildman–Crippen LogP) is 1.98. The summed E-state index contributed by atoms with van der Waals surface area (Å²) in [6.45, 7) is 3.63. The summed E-state index contributed by atoms with van der Waals surface area (Å²) in [4.78, 5) is 37.9. The molecule has 2 aliphatic rings. The molecule has 7 nitrogen and oxygen atoms in total. The first-order chi connectivity index (χ1) is 12.4. The molecule has 27 heavy (non-hydrogen) atoms. The topological polar surface area (TPSA) is 98.7 Å². The van der Waals surface area contributed by atoms with E-state index in [1.54, 1.807) is 24.3 Å². The summed E-state index contributed by atoms with van der Waals surface area (Å²) in [6, 6.07) is 6.79. The van der Waals surface area contributed by atoms with Crippen LogP contribution in [-0.4, -0.2) is 54.0 Å². The maximum atomic E-state index is 12.4. The van der Waals surface area contributed by atoms with E-state index in [0.29, 0.717) is 37.3 Å². The van der Waals surface area contributed by atoms with Gasteiger partial charge in [-0.25, -0.2) is 0 Å². The SMILES string of the molecule is CCNC(=O)c1cccc(NC(=O)CN2C[C@@H]3CCC[C@@]3(C(=O)O)C2)c1.Cl. The van der Waals surface area contributed by atoms with Gasteiger partial charge in [0.25, 0.3) is 5.91 Å². The quantitative estimate of drug-likeness (QED) is 0.684. The number of benzene rings is 1. The van der Waals surface area contributed by atoms with Crippen LogP contribution in [0.5, 0.6) is 0 Å². The molecule has 1 saturated heterocycles. The number of amides is 2. The Labute approximate surface area is 164 Å². The number of aliphatic carboxylic acids is 1. The van der Waals surface area contributed by atoms with Crippen LogP contribution in [0.4, 0.5) is 5.69 Å². The average Bonchev–Trinajstić information content (AvgIpc) is 3.13. The minimum absolute atomic E-state index is 0. The monoisotopic (exact) mass is 395 g/mol. The summed E-state index contributed by atoms with van der Waals surface area (Å²) in [5, 5.41) is 15.2. The third-order valence-corrected chi connectivity index (χ3v) is 5.48. The van der Waals surface area contributed by atoms with Crippen LogP contribution in [0.15, 0.2) is 24.3 Å². The maximum absolute atomic E-state index is 12.4. The van der Waals surface area contributed by atoms with Gasteiger partial charge >= 0.3 is 5.97 Å². The zero-order valence-electron chi connectivity index (χ0n) is 15.4. The number of carbonyl (C=O) groups is 3. The first-order valence-electron chi connectivity index (χ1n) is 9.08. The van der Waals surface area contributed by atoms with E-state index in [0.717, 1.165) is 12.8 Å². The van der Waals surface area contributed by atoms with Gasteiger partial charge in [0.2, 0.25) is 5.91 Å². The van der Waals surface area contributed by atoms with Crippen LogP contribution in [0.25, 0.3) is 0 Å². The molecular formula is C19H26ClN3O4. The van der Waals surface area contributed by atoms with Crippen LogP contribution in [0.2, 0.25) is 0 Å². The number of fused-ring (bicyclic) bond motifs is 1. The Morgan fingerprint density at radius 2 is 2.11 bits per heavy atom. The van der Waals surface area contributed by atoms with Gasteiger partial charge in [0, 0.05) is 30.9 Å². The molecule has 1 aliphatic carbocycles. The molecule has 0 bridgehead atoms. The lowest BCUT2D eigenvalue weighted by Gasteiger charge is -2.23. The molecule has 2 atom stereocenters. The van der Waals surface area contributed by atoms with Crippen molar-refractivity contribution in [2.45, 2.75) is 26.2 Å². The Kier molecular flexibility index (Phi) is 6.84. The molecule has 1 aromatic rings. The van der Waals surface area contributed by atoms with Crippen molar-refractivity contribution in [1.29, 1.82) is 0 Å². The van der Waals surface area contributed by atoms with Gasteiger partial charge in [0.05, 0.1) is 12.0 Å². The Hall–Kier alpha value is -2.12. The number of carbonyl (C=O) groups excluding carboxylic acids is 2. The molecule has 1 saturated carbocycles. The Balaban J connectivity index is 0.00000261. The van der Waals surface area contributed by atoms with E-state index in [1.165, 1.54) is 0 Å². The third-order valence-electron chi connectivity index (χ3n) is 5.48. The van der Waals surface area contributed by atoms with Crippen LogP contribution in [0.1, 0.15) is 36.5 Å². The van der Waals surface area contributed by atoms with Crippen molar-refractivity contribution in [1.82, 2.24) is 10.2 Å². The van der Waals surface area contributed by atoms with Crippen molar-refractivity contribution in [3.63, 3.8) is 0 Å². The van der Waals surface area contributed by atoms with Crippen molar-refractivity contribution in [3.05, 3.63) is 29.8 Å². The van der Waals surface area contributed by atoms with Crippen molar-refractivity contribution >= 4 is 35.9 Å². The molecule has 0 unspecified atom stereocenters. The number of rotatable bonds is 6. The average molecular weight is 396 g/mol. The molecule has 2 fully saturated rings. The molecule has 2 amide bonds. The van der Waals surface area contributed by atoms with E-state index in [-0.39, 0.29) is 36.7 Å². The minimum atomic E-state index is -0.738. The van der Waals surface area contributed by atoms with Crippen molar-refractivity contribution in [2.24, 2.45) is 11.3 Å². The fourth-order valence-electron chi connectivity index (χ4n) is 4.27. The first kappa shape index (κ1) is 21.2. The third kappa shape index (κ3) is 4.42. The zero-order chi connectivity index (χ0) is 18.7. The Morgan fingerprint density at radius 1 is 1.33 bits per heavy atom. The van der Waals surface area contributed by atoms with Crippen LogP contribution in [0.3, 0.4) is 0 Å². The number of carboxylic acid groups (broad SMARTS) is 1. The molecule has 8 heteroatoms. The van der Waals surface area contributed by atoms with Gasteiger partial charge in [-0.2, -0.15) is 0 Å². The number of nitrogens with zero attached hydrogens (tertiary/aromatic N) is 1. The van der Waals surface area contributed by atoms with Crippen LogP contribution >= 0.6 is 12.4 Å². The number of nitrogens with one attached hydrogen (secondary N) is 2.